The highest BCUT2D eigenvalue weighted by molar-refractivity contribution is 5.12. The number of hydrogen-bond acceptors (Lipinski definition) is 2. The van der Waals surface area contributed by atoms with E-state index in [9.17, 15) is 0 Å². The van der Waals surface area contributed by atoms with Crippen molar-refractivity contribution in [1.29, 1.82) is 0 Å². The number of likely N-dealkylation sites (tertiary alicyclic amines) is 1. The van der Waals surface area contributed by atoms with Gasteiger partial charge in [0.05, 0.1) is 0 Å². The van der Waals surface area contributed by atoms with Crippen LogP contribution in [0.25, 0.3) is 0 Å². The minimum absolute atomic E-state index is 1.12. The monoisotopic (exact) mass is 248 g/mol. The molecule has 0 spiro atoms. The average molecular weight is 248 g/mol. The van der Waals surface area contributed by atoms with Crippen LogP contribution in [0.1, 0.15) is 50.8 Å². The Balaban J connectivity index is 0.000000771. The third-order valence-electron chi connectivity index (χ3n) is 3.33. The molecule has 1 saturated heterocycles. The summed E-state index contributed by atoms with van der Waals surface area (Å²) in [5.41, 5.74) is 2.49. The second-order valence-electron chi connectivity index (χ2n) is 4.83. The van der Waals surface area contributed by atoms with Gasteiger partial charge in [-0.1, -0.05) is 26.3 Å². The van der Waals surface area contributed by atoms with Gasteiger partial charge < -0.3 is 4.90 Å². The zero-order chi connectivity index (χ0) is 13.2. The van der Waals surface area contributed by atoms with Crippen molar-refractivity contribution in [2.75, 3.05) is 19.6 Å². The van der Waals surface area contributed by atoms with E-state index in [0.717, 1.165) is 6.42 Å². The number of hydrogen-bond donors (Lipinski definition) is 0. The third-order valence-corrected chi connectivity index (χ3v) is 3.33. The van der Waals surface area contributed by atoms with E-state index in [2.05, 4.69) is 28.9 Å². The number of piperidine rings is 1. The lowest BCUT2D eigenvalue weighted by Gasteiger charge is -2.26. The van der Waals surface area contributed by atoms with E-state index >= 15 is 0 Å². The van der Waals surface area contributed by atoms with Crippen LogP contribution in [0.4, 0.5) is 0 Å². The molecular weight excluding hydrogens is 220 g/mol. The van der Waals surface area contributed by atoms with Crippen LogP contribution in [0, 0.1) is 6.92 Å². The van der Waals surface area contributed by atoms with Gasteiger partial charge in [0.2, 0.25) is 0 Å². The summed E-state index contributed by atoms with van der Waals surface area (Å²) < 4.78 is 0. The highest BCUT2D eigenvalue weighted by Gasteiger charge is 2.08. The van der Waals surface area contributed by atoms with Crippen molar-refractivity contribution in [3.05, 3.63) is 29.6 Å². The van der Waals surface area contributed by atoms with Gasteiger partial charge in [0, 0.05) is 11.9 Å². The van der Waals surface area contributed by atoms with Crippen LogP contribution in [0.2, 0.25) is 0 Å². The molecule has 0 unspecified atom stereocenters. The Hall–Kier alpha value is -0.890. The molecule has 1 aliphatic rings. The molecule has 0 atom stereocenters. The first-order valence-corrected chi connectivity index (χ1v) is 7.48. The van der Waals surface area contributed by atoms with Gasteiger partial charge >= 0.3 is 0 Å². The van der Waals surface area contributed by atoms with Gasteiger partial charge in [-0.2, -0.15) is 0 Å². The van der Waals surface area contributed by atoms with Crippen LogP contribution in [0.5, 0.6) is 0 Å². The van der Waals surface area contributed by atoms with Crippen LogP contribution < -0.4 is 0 Å². The predicted octanol–water partition coefficient (Wildman–Crippen LogP) is 3.83. The summed E-state index contributed by atoms with van der Waals surface area (Å²) in [5, 5.41) is 0. The summed E-state index contributed by atoms with van der Waals surface area (Å²) in [4.78, 5) is 7.04. The molecule has 102 valence electrons. The molecule has 1 aromatic rings. The first-order chi connectivity index (χ1) is 8.84. The van der Waals surface area contributed by atoms with Crippen molar-refractivity contribution in [3.63, 3.8) is 0 Å². The topological polar surface area (TPSA) is 16.1 Å². The van der Waals surface area contributed by atoms with Crippen LogP contribution in [0.3, 0.4) is 0 Å². The molecule has 2 heteroatoms. The largest absolute Gasteiger partial charge is 0.303 e. The molecule has 1 aliphatic heterocycles. The first-order valence-electron chi connectivity index (χ1n) is 7.48. The maximum atomic E-state index is 4.44. The lowest BCUT2D eigenvalue weighted by atomic mass is 10.1. The summed E-state index contributed by atoms with van der Waals surface area (Å²) in [6.07, 6.45) is 8.55. The molecule has 0 amide bonds. The van der Waals surface area contributed by atoms with Gasteiger partial charge in [-0.15, -0.1) is 0 Å². The van der Waals surface area contributed by atoms with Crippen LogP contribution in [-0.2, 0) is 6.42 Å². The highest BCUT2D eigenvalue weighted by atomic mass is 15.1. The Morgan fingerprint density at radius 3 is 2.44 bits per heavy atom. The van der Waals surface area contributed by atoms with E-state index in [0.29, 0.717) is 0 Å². The average Bonchev–Trinajstić information content (AvgIpc) is 2.44. The van der Waals surface area contributed by atoms with Crippen molar-refractivity contribution >= 4 is 0 Å². The molecule has 0 saturated carbocycles. The van der Waals surface area contributed by atoms with Gasteiger partial charge in [0.1, 0.15) is 0 Å². The molecule has 18 heavy (non-hydrogen) atoms. The van der Waals surface area contributed by atoms with Gasteiger partial charge in [-0.25, -0.2) is 0 Å². The Kier molecular flexibility index (Phi) is 7.66. The third kappa shape index (κ3) is 5.63. The number of aromatic nitrogens is 1. The Bertz CT molecular complexity index is 299. The second-order valence-corrected chi connectivity index (χ2v) is 4.83. The minimum atomic E-state index is 1.12. The van der Waals surface area contributed by atoms with E-state index < -0.39 is 0 Å². The standard InChI is InChI=1S/C14H22N2.C2H6/c1-13-7-8-14(15-12-13)6-5-11-16-9-3-2-4-10-16;1-2/h7-8,12H,2-6,9-11H2,1H3;1-2H3. The summed E-state index contributed by atoms with van der Waals surface area (Å²) in [6.45, 7) is 9.95. The molecule has 2 nitrogen and oxygen atoms in total. The Labute approximate surface area is 112 Å². The van der Waals surface area contributed by atoms with Crippen LogP contribution >= 0.6 is 0 Å². The Morgan fingerprint density at radius 2 is 1.83 bits per heavy atom. The number of aryl methyl sites for hydroxylation is 2. The fourth-order valence-electron chi connectivity index (χ4n) is 2.31. The molecule has 0 bridgehead atoms. The van der Waals surface area contributed by atoms with Gasteiger partial charge in [0.15, 0.2) is 0 Å². The number of nitrogens with zero attached hydrogens (tertiary/aromatic N) is 2. The van der Waals surface area contributed by atoms with Crippen LogP contribution in [-0.4, -0.2) is 29.5 Å². The summed E-state index contributed by atoms with van der Waals surface area (Å²) in [6, 6.07) is 4.31. The van der Waals surface area contributed by atoms with E-state index in [4.69, 9.17) is 0 Å². The predicted molar refractivity (Wildman–Crippen MR) is 78.9 cm³/mol. The van der Waals surface area contributed by atoms with E-state index in [1.54, 1.807) is 0 Å². The van der Waals surface area contributed by atoms with E-state index in [-0.39, 0.29) is 0 Å². The SMILES string of the molecule is CC.Cc1ccc(CCCN2CCCCC2)nc1. The molecular formula is C16H28N2. The van der Waals surface area contributed by atoms with Crippen molar-refractivity contribution in [3.8, 4) is 0 Å². The molecule has 1 aromatic heterocycles. The molecule has 0 aromatic carbocycles. The fourth-order valence-corrected chi connectivity index (χ4v) is 2.31. The van der Waals surface area contributed by atoms with Crippen molar-refractivity contribution in [2.24, 2.45) is 0 Å². The molecule has 1 fully saturated rings. The summed E-state index contributed by atoms with van der Waals surface area (Å²) >= 11 is 0. The zero-order valence-electron chi connectivity index (χ0n) is 12.3. The Morgan fingerprint density at radius 1 is 1.11 bits per heavy atom. The molecule has 2 heterocycles. The summed E-state index contributed by atoms with van der Waals surface area (Å²) in [5.74, 6) is 0. The smallest absolute Gasteiger partial charge is 0.0404 e. The normalized spacial score (nSPS) is 15.9. The highest BCUT2D eigenvalue weighted by Crippen LogP contribution is 2.10. The lowest BCUT2D eigenvalue weighted by Crippen LogP contribution is -2.30. The maximum Gasteiger partial charge on any atom is 0.0404 e. The first kappa shape index (κ1) is 15.2. The van der Waals surface area contributed by atoms with E-state index in [1.807, 2.05) is 20.0 Å². The minimum Gasteiger partial charge on any atom is -0.303 e. The van der Waals surface area contributed by atoms with Gasteiger partial charge in [-0.3, -0.25) is 4.98 Å². The molecule has 0 radical (unpaired) electrons. The summed E-state index contributed by atoms with van der Waals surface area (Å²) in [7, 11) is 0. The van der Waals surface area contributed by atoms with Gasteiger partial charge in [0.25, 0.3) is 0 Å². The van der Waals surface area contributed by atoms with Crippen molar-refractivity contribution < 1.29 is 0 Å². The maximum absolute atomic E-state index is 4.44. The van der Waals surface area contributed by atoms with E-state index in [1.165, 1.54) is 56.6 Å². The molecule has 2 rings (SSSR count). The fraction of sp³-hybridized carbons (Fsp3) is 0.688. The number of pyridine rings is 1. The second kappa shape index (κ2) is 9.09. The molecule has 0 N–H and O–H groups in total. The van der Waals surface area contributed by atoms with Crippen molar-refractivity contribution in [2.45, 2.75) is 52.9 Å². The molecule has 0 aliphatic carbocycles. The lowest BCUT2D eigenvalue weighted by molar-refractivity contribution is 0.226. The quantitative estimate of drug-likeness (QED) is 0.805. The van der Waals surface area contributed by atoms with Crippen molar-refractivity contribution in [1.82, 2.24) is 9.88 Å². The number of rotatable bonds is 4. The van der Waals surface area contributed by atoms with Crippen LogP contribution in [0.15, 0.2) is 18.3 Å². The zero-order valence-corrected chi connectivity index (χ0v) is 12.3. The van der Waals surface area contributed by atoms with Gasteiger partial charge in [-0.05, 0) is 63.9 Å².